The molecule has 5 N–H and O–H groups in total. The Kier molecular flexibility index (Phi) is 7.08. The van der Waals surface area contributed by atoms with Crippen molar-refractivity contribution >= 4 is 23.5 Å². The van der Waals surface area contributed by atoms with Gasteiger partial charge in [0.25, 0.3) is 5.91 Å². The van der Waals surface area contributed by atoms with Crippen LogP contribution in [0.1, 0.15) is 47.2 Å². The molecular weight excluding hydrogens is 358 g/mol. The average molecular weight is 383 g/mol. The van der Waals surface area contributed by atoms with Crippen molar-refractivity contribution in [3.05, 3.63) is 59.6 Å². The van der Waals surface area contributed by atoms with E-state index in [-0.39, 0.29) is 18.2 Å². The molecule has 1 aromatic carbocycles. The van der Waals surface area contributed by atoms with Crippen LogP contribution in [0.2, 0.25) is 0 Å². The van der Waals surface area contributed by atoms with Crippen LogP contribution in [0, 0.1) is 0 Å². The molecule has 1 heterocycles. The Balaban J connectivity index is 2.35. The van der Waals surface area contributed by atoms with Gasteiger partial charge in [0.1, 0.15) is 0 Å². The zero-order valence-electron chi connectivity index (χ0n) is 16.1. The third kappa shape index (κ3) is 5.29. The average Bonchev–Trinajstić information content (AvgIpc) is 2.66. The Bertz CT molecular complexity index is 882. The van der Waals surface area contributed by atoms with Gasteiger partial charge in [0.15, 0.2) is 11.5 Å². The van der Waals surface area contributed by atoms with Crippen molar-refractivity contribution in [3.8, 4) is 0 Å². The topological polar surface area (TPSA) is 133 Å². The van der Waals surface area contributed by atoms with E-state index in [1.165, 1.54) is 0 Å². The Morgan fingerprint density at radius 3 is 2.64 bits per heavy atom. The Labute approximate surface area is 164 Å². The SMILES string of the molecule is C=CCc1nc(Nc2cccc(C(C)COC(N)=O)c2)c(C(N)=O)nc1CC. The van der Waals surface area contributed by atoms with Gasteiger partial charge in [0.05, 0.1) is 18.0 Å². The molecule has 0 aliphatic carbocycles. The van der Waals surface area contributed by atoms with E-state index >= 15 is 0 Å². The van der Waals surface area contributed by atoms with Crippen LogP contribution in [0.3, 0.4) is 0 Å². The highest BCUT2D eigenvalue weighted by atomic mass is 16.5. The molecule has 2 amide bonds. The molecule has 0 saturated heterocycles. The first-order valence-corrected chi connectivity index (χ1v) is 8.95. The molecule has 1 atom stereocenters. The first-order valence-electron chi connectivity index (χ1n) is 8.95. The van der Waals surface area contributed by atoms with Crippen molar-refractivity contribution in [3.63, 3.8) is 0 Å². The molecule has 0 fully saturated rings. The van der Waals surface area contributed by atoms with Crippen molar-refractivity contribution in [1.29, 1.82) is 0 Å². The molecule has 0 radical (unpaired) electrons. The minimum absolute atomic E-state index is 0.0604. The number of hydrogen-bond donors (Lipinski definition) is 3. The summed E-state index contributed by atoms with van der Waals surface area (Å²) < 4.78 is 4.86. The highest BCUT2D eigenvalue weighted by Crippen LogP contribution is 2.24. The number of primary amides is 2. The lowest BCUT2D eigenvalue weighted by atomic mass is 10.0. The maximum Gasteiger partial charge on any atom is 0.404 e. The monoisotopic (exact) mass is 383 g/mol. The molecule has 2 rings (SSSR count). The predicted molar refractivity (Wildman–Crippen MR) is 108 cm³/mol. The van der Waals surface area contributed by atoms with Crippen molar-refractivity contribution in [2.24, 2.45) is 11.5 Å². The van der Waals surface area contributed by atoms with Gasteiger partial charge in [0, 0.05) is 18.0 Å². The van der Waals surface area contributed by atoms with Crippen LogP contribution in [0.4, 0.5) is 16.3 Å². The van der Waals surface area contributed by atoms with Crippen LogP contribution in [-0.4, -0.2) is 28.6 Å². The molecule has 8 heteroatoms. The quantitative estimate of drug-likeness (QED) is 0.570. The molecule has 148 valence electrons. The molecule has 0 aliphatic heterocycles. The standard InChI is InChI=1S/C20H25N5O3/c1-4-7-16-15(5-2)24-17(18(21)26)19(25-16)23-14-9-6-8-13(10-14)12(3)11-28-20(22)27/h4,6,8-10,12H,1,5,7,11H2,2-3H3,(H2,21,26)(H2,22,27)(H,23,25). The molecular formula is C20H25N5O3. The van der Waals surface area contributed by atoms with Gasteiger partial charge < -0.3 is 21.5 Å². The van der Waals surface area contributed by atoms with E-state index in [9.17, 15) is 9.59 Å². The molecule has 1 unspecified atom stereocenters. The fourth-order valence-electron chi connectivity index (χ4n) is 2.71. The maximum absolute atomic E-state index is 11.9. The molecule has 0 saturated carbocycles. The van der Waals surface area contributed by atoms with E-state index in [1.807, 2.05) is 38.1 Å². The lowest BCUT2D eigenvalue weighted by molar-refractivity contribution is 0.0995. The van der Waals surface area contributed by atoms with E-state index in [0.29, 0.717) is 30.0 Å². The van der Waals surface area contributed by atoms with Gasteiger partial charge >= 0.3 is 6.09 Å². The lowest BCUT2D eigenvalue weighted by Crippen LogP contribution is -2.19. The summed E-state index contributed by atoms with van der Waals surface area (Å²) in [5.74, 6) is -0.427. The second-order valence-corrected chi connectivity index (χ2v) is 6.31. The van der Waals surface area contributed by atoms with Crippen LogP contribution in [0.5, 0.6) is 0 Å². The molecule has 8 nitrogen and oxygen atoms in total. The van der Waals surface area contributed by atoms with Gasteiger partial charge in [-0.2, -0.15) is 0 Å². The van der Waals surface area contributed by atoms with E-state index in [0.717, 1.165) is 11.3 Å². The third-order valence-corrected chi connectivity index (χ3v) is 4.15. The summed E-state index contributed by atoms with van der Waals surface area (Å²) in [4.78, 5) is 31.6. The zero-order valence-corrected chi connectivity index (χ0v) is 16.1. The predicted octanol–water partition coefficient (Wildman–Crippen LogP) is 2.81. The van der Waals surface area contributed by atoms with Crippen LogP contribution < -0.4 is 16.8 Å². The van der Waals surface area contributed by atoms with Crippen molar-refractivity contribution in [2.75, 3.05) is 11.9 Å². The van der Waals surface area contributed by atoms with Crippen molar-refractivity contribution < 1.29 is 14.3 Å². The molecule has 2 aromatic rings. The summed E-state index contributed by atoms with van der Waals surface area (Å²) in [6, 6.07) is 7.46. The number of anilines is 2. The number of benzene rings is 1. The van der Waals surface area contributed by atoms with Crippen molar-refractivity contribution in [2.45, 2.75) is 32.6 Å². The number of amides is 2. The van der Waals surface area contributed by atoms with Gasteiger partial charge in [-0.3, -0.25) is 4.79 Å². The number of aryl methyl sites for hydroxylation is 1. The Morgan fingerprint density at radius 2 is 2.04 bits per heavy atom. The number of carbonyl (C=O) groups is 2. The summed E-state index contributed by atoms with van der Waals surface area (Å²) in [7, 11) is 0. The first kappa shape index (κ1) is 20.9. The number of allylic oxidation sites excluding steroid dienone is 1. The fourth-order valence-corrected chi connectivity index (χ4v) is 2.71. The fraction of sp³-hybridized carbons (Fsp3) is 0.300. The van der Waals surface area contributed by atoms with E-state index in [2.05, 4.69) is 21.9 Å². The Hall–Kier alpha value is -3.42. The lowest BCUT2D eigenvalue weighted by Gasteiger charge is -2.15. The number of carbonyl (C=O) groups excluding carboxylic acids is 2. The second kappa shape index (κ2) is 9.50. The van der Waals surface area contributed by atoms with E-state index in [1.54, 1.807) is 6.08 Å². The number of hydrogen-bond acceptors (Lipinski definition) is 6. The molecule has 0 aliphatic rings. The van der Waals surface area contributed by atoms with Gasteiger partial charge in [-0.15, -0.1) is 6.58 Å². The van der Waals surface area contributed by atoms with Gasteiger partial charge in [0.2, 0.25) is 0 Å². The van der Waals surface area contributed by atoms with Crippen molar-refractivity contribution in [1.82, 2.24) is 9.97 Å². The van der Waals surface area contributed by atoms with Gasteiger partial charge in [-0.05, 0) is 24.1 Å². The van der Waals surface area contributed by atoms with Crippen LogP contribution >= 0.6 is 0 Å². The summed E-state index contributed by atoms with van der Waals surface area (Å²) in [5.41, 5.74) is 13.7. The van der Waals surface area contributed by atoms with E-state index < -0.39 is 12.0 Å². The zero-order chi connectivity index (χ0) is 20.7. The first-order chi connectivity index (χ1) is 13.3. The number of nitrogens with zero attached hydrogens (tertiary/aromatic N) is 2. The highest BCUT2D eigenvalue weighted by molar-refractivity contribution is 5.96. The van der Waals surface area contributed by atoms with Crippen LogP contribution in [-0.2, 0) is 17.6 Å². The number of ether oxygens (including phenoxy) is 1. The maximum atomic E-state index is 11.9. The number of nitrogens with two attached hydrogens (primary N) is 2. The third-order valence-electron chi connectivity index (χ3n) is 4.15. The number of nitrogens with one attached hydrogen (secondary N) is 1. The summed E-state index contributed by atoms with van der Waals surface area (Å²) in [6.45, 7) is 7.75. The van der Waals surface area contributed by atoms with Crippen LogP contribution in [0.15, 0.2) is 36.9 Å². The number of aromatic nitrogens is 2. The normalized spacial score (nSPS) is 11.5. The molecule has 1 aromatic heterocycles. The highest BCUT2D eigenvalue weighted by Gasteiger charge is 2.17. The molecule has 0 spiro atoms. The molecule has 28 heavy (non-hydrogen) atoms. The van der Waals surface area contributed by atoms with Gasteiger partial charge in [-0.1, -0.05) is 32.1 Å². The summed E-state index contributed by atoms with van der Waals surface area (Å²) >= 11 is 0. The second-order valence-electron chi connectivity index (χ2n) is 6.31. The smallest absolute Gasteiger partial charge is 0.404 e. The summed E-state index contributed by atoms with van der Waals surface area (Å²) in [6.07, 6.45) is 2.08. The molecule has 0 bridgehead atoms. The largest absolute Gasteiger partial charge is 0.449 e. The minimum atomic E-state index is -0.812. The Morgan fingerprint density at radius 1 is 1.29 bits per heavy atom. The number of rotatable bonds is 9. The van der Waals surface area contributed by atoms with Gasteiger partial charge in [-0.25, -0.2) is 14.8 Å². The summed E-state index contributed by atoms with van der Waals surface area (Å²) in [5, 5.41) is 3.12. The minimum Gasteiger partial charge on any atom is -0.449 e. The van der Waals surface area contributed by atoms with E-state index in [4.69, 9.17) is 16.2 Å². The van der Waals surface area contributed by atoms with Crippen LogP contribution in [0.25, 0.3) is 0 Å².